The Morgan fingerprint density at radius 3 is 2.54 bits per heavy atom. The lowest BCUT2D eigenvalue weighted by molar-refractivity contribution is -0.127. The summed E-state index contributed by atoms with van der Waals surface area (Å²) in [7, 11) is 0. The summed E-state index contributed by atoms with van der Waals surface area (Å²) in [6, 6.07) is 0. The number of hydrogen-bond donors (Lipinski definition) is 1. The first-order chi connectivity index (χ1) is 12.3. The maximum atomic E-state index is 12.2. The molecule has 4 aliphatic rings. The van der Waals surface area contributed by atoms with Crippen LogP contribution in [0.3, 0.4) is 0 Å². The quantitative estimate of drug-likeness (QED) is 0.610. The molecule has 4 aliphatic carbocycles. The van der Waals surface area contributed by atoms with E-state index in [1.54, 1.807) is 11.6 Å². The Balaban J connectivity index is 0.000000613. The average Bonchev–Trinajstić information content (AvgIpc) is 2.93. The Morgan fingerprint density at radius 2 is 1.88 bits per heavy atom. The van der Waals surface area contributed by atoms with Gasteiger partial charge in [-0.2, -0.15) is 0 Å². The summed E-state index contributed by atoms with van der Waals surface area (Å²) in [4.78, 5) is 12.2. The Kier molecular flexibility index (Phi) is 5.55. The Labute approximate surface area is 160 Å². The van der Waals surface area contributed by atoms with Crippen molar-refractivity contribution in [1.82, 2.24) is 0 Å². The van der Waals surface area contributed by atoms with Crippen LogP contribution in [0, 0.1) is 34.5 Å². The molecule has 0 saturated heterocycles. The molecule has 0 spiro atoms. The van der Waals surface area contributed by atoms with Crippen LogP contribution in [-0.4, -0.2) is 17.0 Å². The largest absolute Gasteiger partial charge is 0.393 e. The smallest absolute Gasteiger partial charge is 0.133 e. The van der Waals surface area contributed by atoms with Crippen LogP contribution in [-0.2, 0) is 4.79 Å². The van der Waals surface area contributed by atoms with E-state index < -0.39 is 0 Å². The molecule has 0 aromatic carbocycles. The number of aliphatic hydroxyl groups excluding tert-OH is 1. The zero-order chi connectivity index (χ0) is 19.1. The fourth-order valence-corrected chi connectivity index (χ4v) is 7.31. The van der Waals surface area contributed by atoms with Crippen LogP contribution >= 0.6 is 0 Å². The van der Waals surface area contributed by atoms with E-state index in [0.717, 1.165) is 43.4 Å². The molecule has 26 heavy (non-hydrogen) atoms. The normalized spacial score (nSPS) is 46.7. The van der Waals surface area contributed by atoms with Crippen molar-refractivity contribution in [2.45, 2.75) is 85.2 Å². The highest BCUT2D eigenvalue weighted by Crippen LogP contribution is 2.66. The summed E-state index contributed by atoms with van der Waals surface area (Å²) in [6.07, 6.45) is 13.2. The zero-order valence-corrected chi connectivity index (χ0v) is 17.3. The number of rotatable bonds is 1. The maximum absolute atomic E-state index is 12.2. The standard InChI is InChI=1S/C21H32O2.C3H6/c1-13(22)17-6-7-18-16-5-4-14-12-15(23)8-10-20(14,2)19(16)9-11-21(17,18)3;1-3-2/h4,15-19,23H,5-12H2,1-3H3;3H,1H2,2H3. The van der Waals surface area contributed by atoms with Gasteiger partial charge in [-0.1, -0.05) is 31.6 Å². The molecule has 146 valence electrons. The fraction of sp³-hybridized carbons (Fsp3) is 0.792. The lowest BCUT2D eigenvalue weighted by Crippen LogP contribution is -2.50. The van der Waals surface area contributed by atoms with E-state index in [-0.39, 0.29) is 11.5 Å². The second-order valence-electron chi connectivity index (χ2n) is 9.85. The SMILES string of the molecule is C=CC.CC(=O)C1CCC2C3CC=C4CC(O)CCC4(C)C3CCC12C. The maximum Gasteiger partial charge on any atom is 0.133 e. The number of carbonyl (C=O) groups is 1. The third kappa shape index (κ3) is 3.03. The third-order valence-corrected chi connectivity index (χ3v) is 8.57. The summed E-state index contributed by atoms with van der Waals surface area (Å²) in [6.45, 7) is 12.0. The highest BCUT2D eigenvalue weighted by atomic mass is 16.3. The van der Waals surface area contributed by atoms with Crippen LogP contribution in [0.15, 0.2) is 24.3 Å². The van der Waals surface area contributed by atoms with Gasteiger partial charge in [-0.15, -0.1) is 6.58 Å². The van der Waals surface area contributed by atoms with Gasteiger partial charge in [0.2, 0.25) is 0 Å². The molecule has 0 radical (unpaired) electrons. The Morgan fingerprint density at radius 1 is 1.19 bits per heavy atom. The van der Waals surface area contributed by atoms with Crippen LogP contribution in [0.25, 0.3) is 0 Å². The van der Waals surface area contributed by atoms with Crippen molar-refractivity contribution >= 4 is 5.78 Å². The number of Topliss-reactive ketones (excluding diaryl/α,β-unsaturated/α-hetero) is 1. The molecule has 3 fully saturated rings. The topological polar surface area (TPSA) is 37.3 Å². The van der Waals surface area contributed by atoms with E-state index >= 15 is 0 Å². The number of carbonyl (C=O) groups excluding carboxylic acids is 1. The summed E-state index contributed by atoms with van der Waals surface area (Å²) < 4.78 is 0. The molecular formula is C24H38O2. The molecule has 2 nitrogen and oxygen atoms in total. The molecule has 0 bridgehead atoms. The number of aliphatic hydroxyl groups is 1. The Bertz CT molecular complexity index is 591. The monoisotopic (exact) mass is 358 g/mol. The van der Waals surface area contributed by atoms with E-state index in [4.69, 9.17) is 0 Å². The molecule has 0 aromatic rings. The summed E-state index contributed by atoms with van der Waals surface area (Å²) >= 11 is 0. The van der Waals surface area contributed by atoms with Crippen LogP contribution < -0.4 is 0 Å². The number of fused-ring (bicyclic) bond motifs is 5. The van der Waals surface area contributed by atoms with E-state index in [2.05, 4.69) is 26.5 Å². The van der Waals surface area contributed by atoms with Crippen LogP contribution in [0.1, 0.15) is 79.1 Å². The van der Waals surface area contributed by atoms with Gasteiger partial charge < -0.3 is 5.11 Å². The van der Waals surface area contributed by atoms with Crippen LogP contribution in [0.5, 0.6) is 0 Å². The van der Waals surface area contributed by atoms with Crippen molar-refractivity contribution in [2.75, 3.05) is 0 Å². The van der Waals surface area contributed by atoms with Gasteiger partial charge >= 0.3 is 0 Å². The molecule has 3 saturated carbocycles. The van der Waals surface area contributed by atoms with Crippen LogP contribution in [0.2, 0.25) is 0 Å². The summed E-state index contributed by atoms with van der Waals surface area (Å²) in [5.74, 6) is 3.00. The molecular weight excluding hydrogens is 320 g/mol. The molecule has 7 unspecified atom stereocenters. The van der Waals surface area contributed by atoms with Crippen molar-refractivity contribution in [3.63, 3.8) is 0 Å². The van der Waals surface area contributed by atoms with E-state index in [1.807, 2.05) is 13.8 Å². The number of ketones is 1. The summed E-state index contributed by atoms with van der Waals surface area (Å²) in [5, 5.41) is 10.1. The molecule has 0 aromatic heterocycles. The van der Waals surface area contributed by atoms with Gasteiger partial charge in [-0.25, -0.2) is 0 Å². The van der Waals surface area contributed by atoms with Gasteiger partial charge in [0.05, 0.1) is 6.10 Å². The average molecular weight is 359 g/mol. The molecule has 7 atom stereocenters. The predicted molar refractivity (Wildman–Crippen MR) is 108 cm³/mol. The van der Waals surface area contributed by atoms with E-state index in [9.17, 15) is 9.90 Å². The van der Waals surface area contributed by atoms with Crippen molar-refractivity contribution in [3.8, 4) is 0 Å². The predicted octanol–water partition coefficient (Wildman–Crippen LogP) is 5.71. The van der Waals surface area contributed by atoms with Gasteiger partial charge in [-0.05, 0) is 93.8 Å². The van der Waals surface area contributed by atoms with E-state index in [0.29, 0.717) is 17.1 Å². The lowest BCUT2D eigenvalue weighted by atomic mass is 9.47. The minimum absolute atomic E-state index is 0.117. The first kappa shape index (κ1) is 19.9. The van der Waals surface area contributed by atoms with Crippen molar-refractivity contribution in [1.29, 1.82) is 0 Å². The molecule has 4 rings (SSSR count). The number of hydrogen-bond acceptors (Lipinski definition) is 2. The van der Waals surface area contributed by atoms with Gasteiger partial charge in [0, 0.05) is 5.92 Å². The molecule has 0 heterocycles. The van der Waals surface area contributed by atoms with Crippen molar-refractivity contribution in [3.05, 3.63) is 24.3 Å². The fourth-order valence-electron chi connectivity index (χ4n) is 7.31. The van der Waals surface area contributed by atoms with Gasteiger partial charge in [0.15, 0.2) is 0 Å². The number of allylic oxidation sites excluding steroid dienone is 2. The minimum atomic E-state index is -0.117. The first-order valence-electron chi connectivity index (χ1n) is 10.7. The third-order valence-electron chi connectivity index (χ3n) is 8.57. The second-order valence-corrected chi connectivity index (χ2v) is 9.85. The zero-order valence-electron chi connectivity index (χ0n) is 17.3. The van der Waals surface area contributed by atoms with Crippen molar-refractivity contribution in [2.24, 2.45) is 34.5 Å². The van der Waals surface area contributed by atoms with Gasteiger partial charge in [0.1, 0.15) is 5.78 Å². The first-order valence-corrected chi connectivity index (χ1v) is 10.7. The minimum Gasteiger partial charge on any atom is -0.393 e. The highest BCUT2D eigenvalue weighted by molar-refractivity contribution is 5.79. The summed E-state index contributed by atoms with van der Waals surface area (Å²) in [5.41, 5.74) is 2.11. The van der Waals surface area contributed by atoms with E-state index in [1.165, 1.54) is 25.7 Å². The molecule has 0 aliphatic heterocycles. The van der Waals surface area contributed by atoms with Crippen molar-refractivity contribution < 1.29 is 9.90 Å². The lowest BCUT2D eigenvalue weighted by Gasteiger charge is -2.57. The molecule has 0 amide bonds. The highest BCUT2D eigenvalue weighted by Gasteiger charge is 2.59. The molecule has 1 N–H and O–H groups in total. The van der Waals surface area contributed by atoms with Gasteiger partial charge in [-0.3, -0.25) is 4.79 Å². The Hall–Kier alpha value is -0.890. The van der Waals surface area contributed by atoms with Gasteiger partial charge in [0.25, 0.3) is 0 Å². The second kappa shape index (κ2) is 7.26. The molecule has 2 heteroatoms. The van der Waals surface area contributed by atoms with Crippen LogP contribution in [0.4, 0.5) is 0 Å².